The quantitative estimate of drug-likeness (QED) is 0.398. The van der Waals surface area contributed by atoms with Crippen molar-refractivity contribution in [3.05, 3.63) is 24.4 Å². The van der Waals surface area contributed by atoms with Crippen LogP contribution in [0.2, 0.25) is 0 Å². The largest absolute Gasteiger partial charge is 0.370 e. The molecular formula is C22H39N3O. The maximum absolute atomic E-state index is 11.4. The number of nitrogens with two attached hydrogens (primary N) is 1. The minimum atomic E-state index is -0.235. The fourth-order valence-corrected chi connectivity index (χ4v) is 3.46. The Kier molecular flexibility index (Phi) is 12.6. The van der Waals surface area contributed by atoms with Gasteiger partial charge in [0, 0.05) is 25.7 Å². The highest BCUT2D eigenvalue weighted by molar-refractivity contribution is 5.75. The number of pyridine rings is 1. The number of aromatic nitrogens is 1. The van der Waals surface area contributed by atoms with E-state index in [9.17, 15) is 4.79 Å². The third kappa shape index (κ3) is 10.4. The van der Waals surface area contributed by atoms with E-state index in [1.807, 2.05) is 25.2 Å². The van der Waals surface area contributed by atoms with Crippen molar-refractivity contribution in [2.24, 2.45) is 5.73 Å². The maximum Gasteiger partial charge on any atom is 0.219 e. The van der Waals surface area contributed by atoms with Gasteiger partial charge in [0.2, 0.25) is 5.91 Å². The molecule has 0 saturated heterocycles. The molecule has 148 valence electrons. The SMILES string of the molecule is CCCCCCCCCCCCC[C@@H](CC(N)=O)N(C)c1ccccn1. The zero-order valence-corrected chi connectivity index (χ0v) is 17.0. The summed E-state index contributed by atoms with van der Waals surface area (Å²) in [4.78, 5) is 17.9. The average molecular weight is 362 g/mol. The van der Waals surface area contributed by atoms with Gasteiger partial charge in [0.15, 0.2) is 0 Å². The van der Waals surface area contributed by atoms with E-state index in [-0.39, 0.29) is 11.9 Å². The van der Waals surface area contributed by atoms with Crippen LogP contribution < -0.4 is 10.6 Å². The van der Waals surface area contributed by atoms with Gasteiger partial charge in [-0.15, -0.1) is 0 Å². The van der Waals surface area contributed by atoms with Crippen LogP contribution in [-0.4, -0.2) is 24.0 Å². The number of primary amides is 1. The summed E-state index contributed by atoms with van der Waals surface area (Å²) in [6.07, 6.45) is 17.9. The van der Waals surface area contributed by atoms with Crippen LogP contribution in [0.4, 0.5) is 5.82 Å². The molecule has 0 aliphatic heterocycles. The van der Waals surface area contributed by atoms with Crippen molar-refractivity contribution in [3.63, 3.8) is 0 Å². The van der Waals surface area contributed by atoms with Gasteiger partial charge in [-0.25, -0.2) is 4.98 Å². The van der Waals surface area contributed by atoms with E-state index >= 15 is 0 Å². The third-order valence-corrected chi connectivity index (χ3v) is 5.14. The van der Waals surface area contributed by atoms with Crippen molar-refractivity contribution in [2.45, 2.75) is 96.4 Å². The number of hydrogen-bond donors (Lipinski definition) is 1. The third-order valence-electron chi connectivity index (χ3n) is 5.14. The number of hydrogen-bond acceptors (Lipinski definition) is 3. The smallest absolute Gasteiger partial charge is 0.219 e. The predicted octanol–water partition coefficient (Wildman–Crippen LogP) is 5.46. The molecule has 0 unspecified atom stereocenters. The molecule has 26 heavy (non-hydrogen) atoms. The lowest BCUT2D eigenvalue weighted by Gasteiger charge is -2.28. The zero-order chi connectivity index (χ0) is 19.0. The van der Waals surface area contributed by atoms with Gasteiger partial charge in [0.1, 0.15) is 5.82 Å². The molecule has 1 rings (SSSR count). The molecule has 4 heteroatoms. The van der Waals surface area contributed by atoms with Crippen molar-refractivity contribution in [1.82, 2.24) is 4.98 Å². The van der Waals surface area contributed by atoms with Gasteiger partial charge in [-0.05, 0) is 18.6 Å². The maximum atomic E-state index is 11.4. The fourth-order valence-electron chi connectivity index (χ4n) is 3.46. The summed E-state index contributed by atoms with van der Waals surface area (Å²) in [5.41, 5.74) is 5.45. The Morgan fingerprint density at radius 2 is 1.58 bits per heavy atom. The number of carbonyl (C=O) groups excluding carboxylic acids is 1. The van der Waals surface area contributed by atoms with Crippen LogP contribution >= 0.6 is 0 Å². The topological polar surface area (TPSA) is 59.2 Å². The second kappa shape index (κ2) is 14.6. The minimum Gasteiger partial charge on any atom is -0.370 e. The monoisotopic (exact) mass is 361 g/mol. The summed E-state index contributed by atoms with van der Waals surface area (Å²) < 4.78 is 0. The van der Waals surface area contributed by atoms with Gasteiger partial charge in [-0.1, -0.05) is 83.6 Å². The summed E-state index contributed by atoms with van der Waals surface area (Å²) in [7, 11) is 2.01. The summed E-state index contributed by atoms with van der Waals surface area (Å²) >= 11 is 0. The molecule has 1 aromatic rings. The summed E-state index contributed by atoms with van der Waals surface area (Å²) in [6, 6.07) is 6.00. The first-order valence-corrected chi connectivity index (χ1v) is 10.6. The Labute approximate surface area is 160 Å². The van der Waals surface area contributed by atoms with E-state index in [2.05, 4.69) is 16.8 Å². The van der Waals surface area contributed by atoms with E-state index in [0.29, 0.717) is 6.42 Å². The molecule has 1 atom stereocenters. The van der Waals surface area contributed by atoms with Crippen molar-refractivity contribution < 1.29 is 4.79 Å². The first-order valence-electron chi connectivity index (χ1n) is 10.6. The van der Waals surface area contributed by atoms with E-state index in [4.69, 9.17) is 5.73 Å². The predicted molar refractivity (Wildman–Crippen MR) is 111 cm³/mol. The Hall–Kier alpha value is -1.58. The van der Waals surface area contributed by atoms with Gasteiger partial charge in [-0.3, -0.25) is 4.79 Å². The number of anilines is 1. The van der Waals surface area contributed by atoms with Crippen LogP contribution in [0.3, 0.4) is 0 Å². The molecule has 0 fully saturated rings. The van der Waals surface area contributed by atoms with Crippen LogP contribution in [0.1, 0.15) is 90.4 Å². The molecule has 1 amide bonds. The van der Waals surface area contributed by atoms with Gasteiger partial charge < -0.3 is 10.6 Å². The Morgan fingerprint density at radius 3 is 2.08 bits per heavy atom. The molecule has 0 radical (unpaired) electrons. The zero-order valence-electron chi connectivity index (χ0n) is 17.0. The number of nitrogens with zero attached hydrogens (tertiary/aromatic N) is 2. The molecular weight excluding hydrogens is 322 g/mol. The number of rotatable bonds is 16. The molecule has 0 aliphatic rings. The molecule has 1 heterocycles. The van der Waals surface area contributed by atoms with Crippen molar-refractivity contribution in [1.29, 1.82) is 0 Å². The molecule has 0 saturated carbocycles. The standard InChI is InChI=1S/C22H39N3O/c1-3-4-5-6-7-8-9-10-11-12-13-16-20(19-21(23)26)25(2)22-17-14-15-18-24-22/h14-15,17-18,20H,3-13,16,19H2,1-2H3,(H2,23,26)/t20-/m0/s1. The van der Waals surface area contributed by atoms with E-state index in [1.165, 1.54) is 64.2 Å². The number of amides is 1. The van der Waals surface area contributed by atoms with Gasteiger partial charge in [0.05, 0.1) is 0 Å². The molecule has 2 N–H and O–H groups in total. The average Bonchev–Trinajstić information content (AvgIpc) is 2.65. The van der Waals surface area contributed by atoms with E-state index in [1.54, 1.807) is 6.20 Å². The second-order valence-electron chi connectivity index (χ2n) is 7.45. The lowest BCUT2D eigenvalue weighted by atomic mass is 10.0. The summed E-state index contributed by atoms with van der Waals surface area (Å²) in [5, 5.41) is 0. The molecule has 1 aromatic heterocycles. The molecule has 0 bridgehead atoms. The molecule has 0 spiro atoms. The molecule has 4 nitrogen and oxygen atoms in total. The van der Waals surface area contributed by atoms with Crippen LogP contribution in [0.25, 0.3) is 0 Å². The number of unbranched alkanes of at least 4 members (excludes halogenated alkanes) is 10. The van der Waals surface area contributed by atoms with Gasteiger partial charge in [-0.2, -0.15) is 0 Å². The highest BCUT2D eigenvalue weighted by Gasteiger charge is 2.18. The second-order valence-corrected chi connectivity index (χ2v) is 7.45. The van der Waals surface area contributed by atoms with Crippen molar-refractivity contribution in [2.75, 3.05) is 11.9 Å². The minimum absolute atomic E-state index is 0.140. The van der Waals surface area contributed by atoms with E-state index < -0.39 is 0 Å². The first-order chi connectivity index (χ1) is 12.6. The Balaban J connectivity index is 2.17. The van der Waals surface area contributed by atoms with Crippen LogP contribution in [0.5, 0.6) is 0 Å². The van der Waals surface area contributed by atoms with Gasteiger partial charge in [0.25, 0.3) is 0 Å². The van der Waals surface area contributed by atoms with Crippen molar-refractivity contribution in [3.8, 4) is 0 Å². The summed E-state index contributed by atoms with van der Waals surface area (Å²) in [6.45, 7) is 2.27. The lowest BCUT2D eigenvalue weighted by molar-refractivity contribution is -0.118. The Bertz CT molecular complexity index is 464. The normalized spacial score (nSPS) is 12.1. The number of carbonyl (C=O) groups is 1. The molecule has 0 aliphatic carbocycles. The fraction of sp³-hybridized carbons (Fsp3) is 0.727. The Morgan fingerprint density at radius 1 is 1.00 bits per heavy atom. The van der Waals surface area contributed by atoms with E-state index in [0.717, 1.165) is 18.7 Å². The van der Waals surface area contributed by atoms with Crippen molar-refractivity contribution >= 4 is 11.7 Å². The van der Waals surface area contributed by atoms with Crippen LogP contribution in [0.15, 0.2) is 24.4 Å². The molecule has 0 aromatic carbocycles. The van der Waals surface area contributed by atoms with Crippen LogP contribution in [0, 0.1) is 0 Å². The first kappa shape index (κ1) is 22.5. The highest BCUT2D eigenvalue weighted by atomic mass is 16.1. The highest BCUT2D eigenvalue weighted by Crippen LogP contribution is 2.19. The summed E-state index contributed by atoms with van der Waals surface area (Å²) in [5.74, 6) is 0.669. The van der Waals surface area contributed by atoms with Gasteiger partial charge >= 0.3 is 0 Å². The van der Waals surface area contributed by atoms with Crippen LogP contribution in [-0.2, 0) is 4.79 Å². The lowest BCUT2D eigenvalue weighted by Crippen LogP contribution is -2.36.